The second-order valence-corrected chi connectivity index (χ2v) is 8.27. The van der Waals surface area contributed by atoms with Crippen LogP contribution in [-0.4, -0.2) is 39.5 Å². The minimum absolute atomic E-state index is 0.0368. The summed E-state index contributed by atoms with van der Waals surface area (Å²) in [6.45, 7) is 0.760. The fourth-order valence-electron chi connectivity index (χ4n) is 3.23. The van der Waals surface area contributed by atoms with Gasteiger partial charge in [0, 0.05) is 11.7 Å². The molecule has 2 aromatic carbocycles. The van der Waals surface area contributed by atoms with Crippen LogP contribution >= 0.6 is 0 Å². The summed E-state index contributed by atoms with van der Waals surface area (Å²) >= 11 is 0. The average Bonchev–Trinajstić information content (AvgIpc) is 3.06. The Hall–Kier alpha value is -3.22. The zero-order valence-corrected chi connectivity index (χ0v) is 16.5. The van der Waals surface area contributed by atoms with Crippen LogP contribution < -0.4 is 9.62 Å². The normalized spacial score (nSPS) is 15.4. The summed E-state index contributed by atoms with van der Waals surface area (Å²) in [5, 5.41) is 9.02. The molecule has 1 amide bonds. The molecule has 1 heterocycles. The van der Waals surface area contributed by atoms with Gasteiger partial charge in [-0.2, -0.15) is 9.98 Å². The second-order valence-electron chi connectivity index (χ2n) is 6.54. The molecule has 150 valence electrons. The van der Waals surface area contributed by atoms with Crippen LogP contribution in [0.5, 0.6) is 0 Å². The van der Waals surface area contributed by atoms with Crippen molar-refractivity contribution in [3.8, 4) is 6.07 Å². The van der Waals surface area contributed by atoms with Gasteiger partial charge in [-0.05, 0) is 37.1 Å². The van der Waals surface area contributed by atoms with Gasteiger partial charge in [0.1, 0.15) is 12.6 Å². The standard InChI is InChI=1S/C20H19N3O5S/c1-14-10-15-6-2-4-8-17(15)23(14)19(24)13-28-20(25)12-22-29(26,27)18-9-5-3-7-16(18)11-21/h2-9,14,22H,10,12-13H2,1H3/t14-/m1/s1. The number of para-hydroxylation sites is 1. The number of ether oxygens (including phenoxy) is 1. The Morgan fingerprint density at radius 3 is 2.66 bits per heavy atom. The molecule has 0 bridgehead atoms. The Morgan fingerprint density at radius 1 is 1.21 bits per heavy atom. The van der Waals surface area contributed by atoms with Crippen LogP contribution in [0.15, 0.2) is 53.4 Å². The van der Waals surface area contributed by atoms with Crippen molar-refractivity contribution in [1.29, 1.82) is 5.26 Å². The van der Waals surface area contributed by atoms with E-state index in [1.54, 1.807) is 11.0 Å². The number of sulfonamides is 1. The van der Waals surface area contributed by atoms with Crippen molar-refractivity contribution in [2.75, 3.05) is 18.1 Å². The van der Waals surface area contributed by atoms with Crippen molar-refractivity contribution < 1.29 is 22.7 Å². The molecule has 29 heavy (non-hydrogen) atoms. The van der Waals surface area contributed by atoms with Crippen molar-refractivity contribution in [3.05, 3.63) is 59.7 Å². The van der Waals surface area contributed by atoms with E-state index in [1.807, 2.05) is 31.2 Å². The molecule has 1 N–H and O–H groups in total. The summed E-state index contributed by atoms with van der Waals surface area (Å²) in [6.07, 6.45) is 0.716. The molecule has 1 aliphatic heterocycles. The number of amides is 1. The topological polar surface area (TPSA) is 117 Å². The number of hydrogen-bond donors (Lipinski definition) is 1. The van der Waals surface area contributed by atoms with Gasteiger partial charge in [0.15, 0.2) is 6.61 Å². The number of anilines is 1. The number of fused-ring (bicyclic) bond motifs is 1. The molecule has 0 aromatic heterocycles. The molecule has 0 saturated carbocycles. The molecule has 0 unspecified atom stereocenters. The number of nitrogens with zero attached hydrogens (tertiary/aromatic N) is 2. The van der Waals surface area contributed by atoms with Crippen molar-refractivity contribution in [2.45, 2.75) is 24.3 Å². The lowest BCUT2D eigenvalue weighted by atomic mass is 10.1. The van der Waals surface area contributed by atoms with E-state index in [9.17, 15) is 18.0 Å². The summed E-state index contributed by atoms with van der Waals surface area (Å²) in [5.41, 5.74) is 1.80. The molecule has 0 fully saturated rings. The predicted molar refractivity (Wildman–Crippen MR) is 104 cm³/mol. The van der Waals surface area contributed by atoms with Gasteiger partial charge in [-0.25, -0.2) is 8.42 Å². The third-order valence-corrected chi connectivity index (χ3v) is 6.00. The maximum absolute atomic E-state index is 12.5. The lowest BCUT2D eigenvalue weighted by molar-refractivity contribution is -0.146. The lowest BCUT2D eigenvalue weighted by Gasteiger charge is -2.22. The van der Waals surface area contributed by atoms with Gasteiger partial charge in [-0.15, -0.1) is 0 Å². The molecular weight excluding hydrogens is 394 g/mol. The zero-order chi connectivity index (χ0) is 21.0. The van der Waals surface area contributed by atoms with E-state index in [0.29, 0.717) is 6.42 Å². The SMILES string of the molecule is C[C@@H]1Cc2ccccc2N1C(=O)COC(=O)CNS(=O)(=O)c1ccccc1C#N. The number of esters is 1. The van der Waals surface area contributed by atoms with Crippen LogP contribution in [0, 0.1) is 11.3 Å². The Morgan fingerprint density at radius 2 is 1.90 bits per heavy atom. The smallest absolute Gasteiger partial charge is 0.321 e. The minimum atomic E-state index is -4.07. The maximum atomic E-state index is 12.5. The monoisotopic (exact) mass is 413 g/mol. The molecule has 0 aliphatic carbocycles. The largest absolute Gasteiger partial charge is 0.455 e. The molecule has 8 nitrogen and oxygen atoms in total. The van der Waals surface area contributed by atoms with Gasteiger partial charge in [0.25, 0.3) is 5.91 Å². The van der Waals surface area contributed by atoms with E-state index in [0.717, 1.165) is 11.3 Å². The highest BCUT2D eigenvalue weighted by Gasteiger charge is 2.31. The van der Waals surface area contributed by atoms with Gasteiger partial charge in [-0.1, -0.05) is 30.3 Å². The van der Waals surface area contributed by atoms with Crippen LogP contribution in [0.3, 0.4) is 0 Å². The lowest BCUT2D eigenvalue weighted by Crippen LogP contribution is -2.39. The molecule has 0 spiro atoms. The summed E-state index contributed by atoms with van der Waals surface area (Å²) in [7, 11) is -4.07. The van der Waals surface area contributed by atoms with Gasteiger partial charge in [-0.3, -0.25) is 9.59 Å². The molecule has 2 aromatic rings. The van der Waals surface area contributed by atoms with Gasteiger partial charge in [0.05, 0.1) is 10.5 Å². The molecule has 1 atom stereocenters. The van der Waals surface area contributed by atoms with E-state index in [-0.39, 0.29) is 22.4 Å². The van der Waals surface area contributed by atoms with E-state index in [4.69, 9.17) is 10.00 Å². The summed E-state index contributed by atoms with van der Waals surface area (Å²) < 4.78 is 31.6. The summed E-state index contributed by atoms with van der Waals surface area (Å²) in [5.74, 6) is -1.27. The van der Waals surface area contributed by atoms with Crippen molar-refractivity contribution in [1.82, 2.24) is 4.72 Å². The number of carbonyl (C=O) groups excluding carboxylic acids is 2. The molecule has 0 radical (unpaired) electrons. The van der Waals surface area contributed by atoms with Crippen LogP contribution in [0.2, 0.25) is 0 Å². The molecule has 1 aliphatic rings. The third-order valence-electron chi connectivity index (χ3n) is 4.54. The Labute approximate surface area is 168 Å². The number of nitriles is 1. The zero-order valence-electron chi connectivity index (χ0n) is 15.7. The van der Waals surface area contributed by atoms with E-state index in [1.165, 1.54) is 24.3 Å². The third kappa shape index (κ3) is 4.45. The maximum Gasteiger partial charge on any atom is 0.321 e. The minimum Gasteiger partial charge on any atom is -0.455 e. The van der Waals surface area contributed by atoms with Crippen molar-refractivity contribution >= 4 is 27.6 Å². The molecule has 0 saturated heterocycles. The van der Waals surface area contributed by atoms with Gasteiger partial charge >= 0.3 is 5.97 Å². The number of nitrogens with one attached hydrogen (secondary N) is 1. The Bertz CT molecular complexity index is 1090. The summed E-state index contributed by atoms with van der Waals surface area (Å²) in [4.78, 5) is 25.8. The quantitative estimate of drug-likeness (QED) is 0.715. The predicted octanol–water partition coefficient (Wildman–Crippen LogP) is 1.36. The van der Waals surface area contributed by atoms with E-state index < -0.39 is 29.1 Å². The molecular formula is C20H19N3O5S. The van der Waals surface area contributed by atoms with Crippen LogP contribution in [0.25, 0.3) is 0 Å². The number of benzene rings is 2. The Kier molecular flexibility index (Phi) is 5.96. The number of carbonyl (C=O) groups is 2. The van der Waals surface area contributed by atoms with Crippen LogP contribution in [0.4, 0.5) is 5.69 Å². The average molecular weight is 413 g/mol. The van der Waals surface area contributed by atoms with Gasteiger partial charge < -0.3 is 9.64 Å². The van der Waals surface area contributed by atoms with E-state index >= 15 is 0 Å². The highest BCUT2D eigenvalue weighted by atomic mass is 32.2. The summed E-state index contributed by atoms with van der Waals surface area (Å²) in [6, 6.07) is 14.9. The van der Waals surface area contributed by atoms with Crippen LogP contribution in [-0.2, 0) is 30.8 Å². The Balaban J connectivity index is 1.57. The first-order valence-electron chi connectivity index (χ1n) is 8.88. The van der Waals surface area contributed by atoms with Crippen molar-refractivity contribution in [3.63, 3.8) is 0 Å². The number of hydrogen-bond acceptors (Lipinski definition) is 6. The molecule has 9 heteroatoms. The highest BCUT2D eigenvalue weighted by Crippen LogP contribution is 2.31. The first kappa shape index (κ1) is 20.5. The highest BCUT2D eigenvalue weighted by molar-refractivity contribution is 7.89. The number of rotatable bonds is 6. The van der Waals surface area contributed by atoms with E-state index in [2.05, 4.69) is 4.72 Å². The van der Waals surface area contributed by atoms with Crippen molar-refractivity contribution in [2.24, 2.45) is 0 Å². The first-order valence-corrected chi connectivity index (χ1v) is 10.4. The van der Waals surface area contributed by atoms with Crippen LogP contribution in [0.1, 0.15) is 18.1 Å². The second kappa shape index (κ2) is 8.43. The first-order chi connectivity index (χ1) is 13.8. The fourth-order valence-corrected chi connectivity index (χ4v) is 4.36. The van der Waals surface area contributed by atoms with Gasteiger partial charge in [0.2, 0.25) is 10.0 Å². The molecule has 3 rings (SSSR count). The fraction of sp³-hybridized carbons (Fsp3) is 0.250.